The number of nitrogens with one attached hydrogen (secondary N) is 1. The third-order valence-electron chi connectivity index (χ3n) is 5.39. The van der Waals surface area contributed by atoms with E-state index in [1.54, 1.807) is 0 Å². The third-order valence-corrected chi connectivity index (χ3v) is 5.62. The Morgan fingerprint density at radius 1 is 1.35 bits per heavy atom. The van der Waals surface area contributed by atoms with Gasteiger partial charge in [-0.05, 0) is 51.3 Å². The zero-order valence-corrected chi connectivity index (χ0v) is 14.8. The van der Waals surface area contributed by atoms with Crippen LogP contribution in [0.3, 0.4) is 0 Å². The second-order valence-corrected chi connectivity index (χ2v) is 7.70. The second-order valence-electron chi connectivity index (χ2n) is 7.26. The lowest BCUT2D eigenvalue weighted by molar-refractivity contribution is 0.254. The van der Waals surface area contributed by atoms with Crippen molar-refractivity contribution >= 4 is 22.6 Å². The fourth-order valence-electron chi connectivity index (χ4n) is 4.10. The molecule has 0 amide bonds. The Kier molecular flexibility index (Phi) is 3.87. The molecule has 2 aliphatic rings. The average molecular weight is 333 g/mol. The first-order valence-corrected chi connectivity index (χ1v) is 9.04. The lowest BCUT2D eigenvalue weighted by atomic mass is 10.1. The molecule has 0 spiro atoms. The first-order chi connectivity index (χ1) is 11.0. The molecule has 1 N–H and O–H groups in total. The summed E-state index contributed by atoms with van der Waals surface area (Å²) in [6.07, 6.45) is 4.01. The molecule has 23 heavy (non-hydrogen) atoms. The van der Waals surface area contributed by atoms with Gasteiger partial charge in [0, 0.05) is 36.7 Å². The second kappa shape index (κ2) is 5.76. The summed E-state index contributed by atoms with van der Waals surface area (Å²) in [5.74, 6) is 1.08. The fourth-order valence-corrected chi connectivity index (χ4v) is 4.27. The molecule has 1 saturated heterocycles. The molecular weight excluding hydrogens is 308 g/mol. The molecule has 2 fully saturated rings. The third kappa shape index (κ3) is 2.88. The molecule has 4 nitrogen and oxygen atoms in total. The molecule has 3 atom stereocenters. The fraction of sp³-hybridized carbons (Fsp3) is 0.611. The van der Waals surface area contributed by atoms with E-state index in [9.17, 15) is 0 Å². The van der Waals surface area contributed by atoms with Gasteiger partial charge in [0.15, 0.2) is 0 Å². The Morgan fingerprint density at radius 3 is 2.87 bits per heavy atom. The van der Waals surface area contributed by atoms with Gasteiger partial charge in [0.1, 0.15) is 5.82 Å². The smallest absolute Gasteiger partial charge is 0.126 e. The van der Waals surface area contributed by atoms with E-state index in [1.807, 2.05) is 18.2 Å². The van der Waals surface area contributed by atoms with E-state index in [4.69, 9.17) is 16.6 Å². The van der Waals surface area contributed by atoms with E-state index in [-0.39, 0.29) is 6.04 Å². The SMILES string of the molecule is C[C@H](N[C@H]1C[C@@H](C)N(C2CC2)C1)c1nc2cc(Cl)ccc2n1C. The highest BCUT2D eigenvalue weighted by Crippen LogP contribution is 2.34. The van der Waals surface area contributed by atoms with Gasteiger partial charge in [-0.1, -0.05) is 11.6 Å². The lowest BCUT2D eigenvalue weighted by Gasteiger charge is -2.21. The van der Waals surface area contributed by atoms with Crippen molar-refractivity contribution in [3.05, 3.63) is 29.0 Å². The van der Waals surface area contributed by atoms with Crippen molar-refractivity contribution in [1.29, 1.82) is 0 Å². The van der Waals surface area contributed by atoms with Crippen molar-refractivity contribution in [3.63, 3.8) is 0 Å². The Bertz CT molecular complexity index is 721. The number of hydrogen-bond donors (Lipinski definition) is 1. The summed E-state index contributed by atoms with van der Waals surface area (Å²) in [5.41, 5.74) is 2.11. The summed E-state index contributed by atoms with van der Waals surface area (Å²) in [5, 5.41) is 4.54. The number of hydrogen-bond acceptors (Lipinski definition) is 3. The van der Waals surface area contributed by atoms with Crippen LogP contribution in [0.2, 0.25) is 5.02 Å². The van der Waals surface area contributed by atoms with Crippen molar-refractivity contribution in [3.8, 4) is 0 Å². The van der Waals surface area contributed by atoms with Crippen LogP contribution in [0.25, 0.3) is 11.0 Å². The number of rotatable bonds is 4. The number of fused-ring (bicyclic) bond motifs is 1. The van der Waals surface area contributed by atoms with E-state index in [0.717, 1.165) is 27.9 Å². The summed E-state index contributed by atoms with van der Waals surface area (Å²) in [6, 6.07) is 8.27. The number of benzene rings is 1. The summed E-state index contributed by atoms with van der Waals surface area (Å²) in [6.45, 7) is 5.75. The molecule has 1 aliphatic heterocycles. The van der Waals surface area contributed by atoms with Crippen LogP contribution < -0.4 is 5.32 Å². The molecule has 0 bridgehead atoms. The number of halogens is 1. The maximum Gasteiger partial charge on any atom is 0.126 e. The Balaban J connectivity index is 1.51. The predicted octanol–water partition coefficient (Wildman–Crippen LogP) is 3.50. The first-order valence-electron chi connectivity index (χ1n) is 8.66. The van der Waals surface area contributed by atoms with E-state index in [1.165, 1.54) is 25.8 Å². The van der Waals surface area contributed by atoms with E-state index in [2.05, 4.69) is 35.7 Å². The molecule has 2 aromatic rings. The normalized spacial score (nSPS) is 27.0. The Morgan fingerprint density at radius 2 is 2.13 bits per heavy atom. The van der Waals surface area contributed by atoms with Gasteiger partial charge in [-0.15, -0.1) is 0 Å². The molecule has 1 aromatic carbocycles. The highest BCUT2D eigenvalue weighted by atomic mass is 35.5. The topological polar surface area (TPSA) is 33.1 Å². The van der Waals surface area contributed by atoms with Crippen LogP contribution in [-0.4, -0.2) is 39.1 Å². The zero-order valence-electron chi connectivity index (χ0n) is 14.1. The minimum absolute atomic E-state index is 0.238. The van der Waals surface area contributed by atoms with Crippen LogP contribution in [0, 0.1) is 0 Å². The van der Waals surface area contributed by atoms with Crippen LogP contribution >= 0.6 is 11.6 Å². The minimum Gasteiger partial charge on any atom is -0.330 e. The van der Waals surface area contributed by atoms with Crippen molar-refractivity contribution in [2.24, 2.45) is 7.05 Å². The maximum absolute atomic E-state index is 6.09. The molecule has 0 unspecified atom stereocenters. The Hall–Kier alpha value is -1.10. The standard InChI is InChI=1S/C18H25ClN4/c1-11-8-14(10-23(11)15-5-6-15)20-12(2)18-21-16-9-13(19)4-7-17(16)22(18)3/h4,7,9,11-12,14-15,20H,5-6,8,10H2,1-3H3/t11-,12+,14+/m1/s1. The highest BCUT2D eigenvalue weighted by molar-refractivity contribution is 6.31. The summed E-state index contributed by atoms with van der Waals surface area (Å²) >= 11 is 6.09. The molecule has 1 aliphatic carbocycles. The average Bonchev–Trinajstić information content (AvgIpc) is 3.21. The molecule has 1 saturated carbocycles. The number of imidazole rings is 1. The highest BCUT2D eigenvalue weighted by Gasteiger charge is 2.39. The number of aryl methyl sites for hydroxylation is 1. The summed E-state index contributed by atoms with van der Waals surface area (Å²) in [4.78, 5) is 7.48. The van der Waals surface area contributed by atoms with Crippen molar-refractivity contribution in [2.75, 3.05) is 6.54 Å². The minimum atomic E-state index is 0.238. The summed E-state index contributed by atoms with van der Waals surface area (Å²) in [7, 11) is 2.09. The van der Waals surface area contributed by atoms with Gasteiger partial charge in [-0.25, -0.2) is 4.98 Å². The molecule has 1 aromatic heterocycles. The molecule has 124 valence electrons. The largest absolute Gasteiger partial charge is 0.330 e. The van der Waals surface area contributed by atoms with Crippen molar-refractivity contribution in [1.82, 2.24) is 19.8 Å². The molecule has 5 heteroatoms. The van der Waals surface area contributed by atoms with E-state index in [0.29, 0.717) is 12.1 Å². The van der Waals surface area contributed by atoms with Crippen LogP contribution in [-0.2, 0) is 7.05 Å². The van der Waals surface area contributed by atoms with Crippen LogP contribution in [0.5, 0.6) is 0 Å². The van der Waals surface area contributed by atoms with Gasteiger partial charge in [0.25, 0.3) is 0 Å². The molecular formula is C18H25ClN4. The van der Waals surface area contributed by atoms with Crippen LogP contribution in [0.15, 0.2) is 18.2 Å². The van der Waals surface area contributed by atoms with Crippen molar-refractivity contribution < 1.29 is 0 Å². The predicted molar refractivity (Wildman–Crippen MR) is 94.9 cm³/mol. The van der Waals surface area contributed by atoms with Gasteiger partial charge in [-0.2, -0.15) is 0 Å². The summed E-state index contributed by atoms with van der Waals surface area (Å²) < 4.78 is 2.18. The zero-order chi connectivity index (χ0) is 16.1. The van der Waals surface area contributed by atoms with E-state index < -0.39 is 0 Å². The molecule has 0 radical (unpaired) electrons. The molecule has 4 rings (SSSR count). The van der Waals surface area contributed by atoms with Gasteiger partial charge in [-0.3, -0.25) is 4.90 Å². The quantitative estimate of drug-likeness (QED) is 0.930. The van der Waals surface area contributed by atoms with Crippen molar-refractivity contribution in [2.45, 2.75) is 57.3 Å². The van der Waals surface area contributed by atoms with Gasteiger partial charge in [0.05, 0.1) is 17.1 Å². The van der Waals surface area contributed by atoms with Gasteiger partial charge in [0.2, 0.25) is 0 Å². The van der Waals surface area contributed by atoms with Crippen LogP contribution in [0.4, 0.5) is 0 Å². The van der Waals surface area contributed by atoms with E-state index >= 15 is 0 Å². The number of aromatic nitrogens is 2. The monoisotopic (exact) mass is 332 g/mol. The Labute approximate surface area is 142 Å². The lowest BCUT2D eigenvalue weighted by Crippen LogP contribution is -2.36. The first kappa shape index (κ1) is 15.4. The van der Waals surface area contributed by atoms with Gasteiger partial charge < -0.3 is 9.88 Å². The number of likely N-dealkylation sites (tertiary alicyclic amines) is 1. The maximum atomic E-state index is 6.09. The number of nitrogens with zero attached hydrogens (tertiary/aromatic N) is 3. The molecule has 2 heterocycles. The van der Waals surface area contributed by atoms with Crippen LogP contribution in [0.1, 0.15) is 45.0 Å². The van der Waals surface area contributed by atoms with Gasteiger partial charge >= 0.3 is 0 Å².